The third-order valence-corrected chi connectivity index (χ3v) is 5.65. The molecule has 0 aromatic heterocycles. The van der Waals surface area contributed by atoms with Crippen LogP contribution in [0.2, 0.25) is 0 Å². The minimum Gasteiger partial charge on any atom is -0.433 e. The van der Waals surface area contributed by atoms with E-state index >= 15 is 0 Å². The van der Waals surface area contributed by atoms with Gasteiger partial charge in [-0.3, -0.25) is 0 Å². The molecule has 118 valence electrons. The van der Waals surface area contributed by atoms with Crippen LogP contribution in [0, 0.1) is 0 Å². The van der Waals surface area contributed by atoms with Crippen molar-refractivity contribution in [1.82, 2.24) is 9.62 Å². The Bertz CT molecular complexity index is 595. The van der Waals surface area contributed by atoms with E-state index < -0.39 is 16.6 Å². The van der Waals surface area contributed by atoms with Gasteiger partial charge in [-0.25, -0.2) is 8.42 Å². The van der Waals surface area contributed by atoms with E-state index in [0.717, 1.165) is 0 Å². The average molecular weight is 320 g/mol. The lowest BCUT2D eigenvalue weighted by atomic mass is 10.1. The number of nitrogens with zero attached hydrogens (tertiary/aromatic N) is 1. The van der Waals surface area contributed by atoms with Crippen molar-refractivity contribution >= 4 is 10.0 Å². The van der Waals surface area contributed by atoms with Crippen LogP contribution in [-0.2, 0) is 10.0 Å². The Morgan fingerprint density at radius 1 is 1.33 bits per heavy atom. The van der Waals surface area contributed by atoms with Crippen molar-refractivity contribution < 1.29 is 21.9 Å². The van der Waals surface area contributed by atoms with Crippen molar-refractivity contribution in [2.24, 2.45) is 0 Å². The summed E-state index contributed by atoms with van der Waals surface area (Å²) in [4.78, 5) is -0.230. The third-order valence-electron chi connectivity index (χ3n) is 3.63. The molecule has 0 amide bonds. The van der Waals surface area contributed by atoms with Crippen LogP contribution >= 0.6 is 0 Å². The largest absolute Gasteiger partial charge is 0.433 e. The van der Waals surface area contributed by atoms with Crippen LogP contribution in [0.5, 0.6) is 5.75 Å². The first-order valence-electron chi connectivity index (χ1n) is 6.63. The highest BCUT2D eigenvalue weighted by atomic mass is 32.2. The van der Waals surface area contributed by atoms with Gasteiger partial charge < -0.3 is 10.1 Å². The topological polar surface area (TPSA) is 58.6 Å². The number of para-hydroxylation sites is 1. The molecule has 1 aliphatic heterocycles. The van der Waals surface area contributed by atoms with E-state index in [2.05, 4.69) is 10.1 Å². The van der Waals surface area contributed by atoms with E-state index in [1.807, 2.05) is 6.92 Å². The monoisotopic (exact) mass is 320 g/mol. The van der Waals surface area contributed by atoms with E-state index in [1.54, 1.807) is 6.92 Å². The molecule has 2 unspecified atom stereocenters. The standard InChI is InChI=1S/C13H18F2N2O3S/c1-9-10(2)17(8-7-16-9)21(18,19)12-6-4-3-5-11(12)20-13(14)15/h3-6,9-10,13,16H,7-8H2,1-2H3. The summed E-state index contributed by atoms with van der Waals surface area (Å²) in [6, 6.07) is 5.17. The van der Waals surface area contributed by atoms with Crippen molar-refractivity contribution in [1.29, 1.82) is 0 Å². The predicted molar refractivity (Wildman–Crippen MR) is 73.9 cm³/mol. The van der Waals surface area contributed by atoms with Gasteiger partial charge in [0.2, 0.25) is 10.0 Å². The van der Waals surface area contributed by atoms with Gasteiger partial charge in [0, 0.05) is 25.2 Å². The second kappa shape index (κ2) is 6.25. The zero-order chi connectivity index (χ0) is 15.6. The quantitative estimate of drug-likeness (QED) is 0.917. The molecular weight excluding hydrogens is 302 g/mol. The Morgan fingerprint density at radius 3 is 2.67 bits per heavy atom. The van der Waals surface area contributed by atoms with Gasteiger partial charge in [-0.15, -0.1) is 0 Å². The summed E-state index contributed by atoms with van der Waals surface area (Å²) in [5, 5.41) is 3.17. The van der Waals surface area contributed by atoms with Crippen LogP contribution in [0.15, 0.2) is 29.2 Å². The lowest BCUT2D eigenvalue weighted by molar-refractivity contribution is -0.0518. The highest BCUT2D eigenvalue weighted by Crippen LogP contribution is 2.29. The van der Waals surface area contributed by atoms with Crippen molar-refractivity contribution in [2.75, 3.05) is 13.1 Å². The Morgan fingerprint density at radius 2 is 2.00 bits per heavy atom. The number of sulfonamides is 1. The van der Waals surface area contributed by atoms with Gasteiger partial charge >= 0.3 is 6.61 Å². The van der Waals surface area contributed by atoms with Crippen LogP contribution in [-0.4, -0.2) is 44.5 Å². The van der Waals surface area contributed by atoms with E-state index in [9.17, 15) is 17.2 Å². The van der Waals surface area contributed by atoms with Crippen molar-refractivity contribution in [3.63, 3.8) is 0 Å². The van der Waals surface area contributed by atoms with Gasteiger partial charge in [-0.05, 0) is 26.0 Å². The lowest BCUT2D eigenvalue weighted by Crippen LogP contribution is -2.57. The van der Waals surface area contributed by atoms with Crippen LogP contribution in [0.3, 0.4) is 0 Å². The molecule has 1 aromatic rings. The molecule has 1 heterocycles. The molecule has 2 atom stereocenters. The average Bonchev–Trinajstić information content (AvgIpc) is 2.41. The van der Waals surface area contributed by atoms with Crippen molar-refractivity contribution in [3.8, 4) is 5.75 Å². The van der Waals surface area contributed by atoms with Gasteiger partial charge in [0.15, 0.2) is 0 Å². The first kappa shape index (κ1) is 16.1. The number of hydrogen-bond acceptors (Lipinski definition) is 4. The molecule has 8 heteroatoms. The van der Waals surface area contributed by atoms with E-state index in [0.29, 0.717) is 6.54 Å². The molecule has 1 aromatic carbocycles. The molecular formula is C13H18F2N2O3S. The maximum Gasteiger partial charge on any atom is 0.387 e. The summed E-state index contributed by atoms with van der Waals surface area (Å²) in [5.74, 6) is -0.328. The second-order valence-electron chi connectivity index (χ2n) is 4.92. The molecule has 5 nitrogen and oxygen atoms in total. The molecule has 1 fully saturated rings. The van der Waals surface area contributed by atoms with Crippen LogP contribution in [0.1, 0.15) is 13.8 Å². The van der Waals surface area contributed by atoms with Gasteiger partial charge in [0.1, 0.15) is 10.6 Å². The number of piperazine rings is 1. The molecule has 0 spiro atoms. The first-order chi connectivity index (χ1) is 9.84. The van der Waals surface area contributed by atoms with Gasteiger partial charge in [-0.1, -0.05) is 12.1 Å². The first-order valence-corrected chi connectivity index (χ1v) is 8.07. The Hall–Kier alpha value is -1.25. The second-order valence-corrected chi connectivity index (χ2v) is 6.78. The zero-order valence-corrected chi connectivity index (χ0v) is 12.6. The maximum atomic E-state index is 12.7. The molecule has 2 rings (SSSR count). The maximum absolute atomic E-state index is 12.7. The number of nitrogens with one attached hydrogen (secondary N) is 1. The minimum absolute atomic E-state index is 0.0169. The molecule has 0 aliphatic carbocycles. The summed E-state index contributed by atoms with van der Waals surface area (Å²) >= 11 is 0. The summed E-state index contributed by atoms with van der Waals surface area (Å²) in [7, 11) is -3.89. The summed E-state index contributed by atoms with van der Waals surface area (Å²) in [6.07, 6.45) is 0. The normalized spacial score (nSPS) is 24.2. The Labute approximate surface area is 122 Å². The molecule has 21 heavy (non-hydrogen) atoms. The fraction of sp³-hybridized carbons (Fsp3) is 0.538. The fourth-order valence-corrected chi connectivity index (χ4v) is 4.17. The molecule has 1 saturated heterocycles. The zero-order valence-electron chi connectivity index (χ0n) is 11.8. The van der Waals surface area contributed by atoms with Gasteiger partial charge in [0.25, 0.3) is 0 Å². The smallest absolute Gasteiger partial charge is 0.387 e. The SMILES string of the molecule is CC1NCCN(S(=O)(=O)c2ccccc2OC(F)F)C1C. The highest BCUT2D eigenvalue weighted by Gasteiger charge is 2.36. The third kappa shape index (κ3) is 3.33. The number of hydrogen-bond donors (Lipinski definition) is 1. The molecule has 0 bridgehead atoms. The van der Waals surface area contributed by atoms with E-state index in [-0.39, 0.29) is 29.3 Å². The number of rotatable bonds is 4. The number of halogens is 2. The number of benzene rings is 1. The predicted octanol–water partition coefficient (Wildman–Crippen LogP) is 1.66. The highest BCUT2D eigenvalue weighted by molar-refractivity contribution is 7.89. The van der Waals surface area contributed by atoms with Crippen LogP contribution < -0.4 is 10.1 Å². The summed E-state index contributed by atoms with van der Waals surface area (Å²) in [5.41, 5.74) is 0. The number of ether oxygens (including phenoxy) is 1. The fourth-order valence-electron chi connectivity index (χ4n) is 2.35. The van der Waals surface area contributed by atoms with Crippen LogP contribution in [0.4, 0.5) is 8.78 Å². The molecule has 0 radical (unpaired) electrons. The Kier molecular flexibility index (Phi) is 4.80. The minimum atomic E-state index is -3.89. The summed E-state index contributed by atoms with van der Waals surface area (Å²) in [6.45, 7) is 1.40. The lowest BCUT2D eigenvalue weighted by Gasteiger charge is -2.37. The van der Waals surface area contributed by atoms with E-state index in [4.69, 9.17) is 0 Å². The van der Waals surface area contributed by atoms with Gasteiger partial charge in [-0.2, -0.15) is 13.1 Å². The molecule has 1 N–H and O–H groups in total. The Balaban J connectivity index is 2.40. The summed E-state index contributed by atoms with van der Waals surface area (Å²) < 4.78 is 55.9. The van der Waals surface area contributed by atoms with Crippen LogP contribution in [0.25, 0.3) is 0 Å². The molecule has 0 saturated carbocycles. The number of alkyl halides is 2. The molecule has 1 aliphatic rings. The van der Waals surface area contributed by atoms with Gasteiger partial charge in [0.05, 0.1) is 0 Å². The van der Waals surface area contributed by atoms with Crippen molar-refractivity contribution in [3.05, 3.63) is 24.3 Å². The van der Waals surface area contributed by atoms with E-state index in [1.165, 1.54) is 28.6 Å². The van der Waals surface area contributed by atoms with Crippen molar-refractivity contribution in [2.45, 2.75) is 37.4 Å².